The second-order valence-electron chi connectivity index (χ2n) is 4.78. The van der Waals surface area contributed by atoms with Crippen molar-refractivity contribution >= 4 is 28.9 Å². The van der Waals surface area contributed by atoms with Gasteiger partial charge < -0.3 is 9.84 Å². The van der Waals surface area contributed by atoms with E-state index in [0.717, 1.165) is 16.9 Å². The number of thiazole rings is 1. The molecule has 3 aromatic rings. The molecule has 4 nitrogen and oxygen atoms in total. The maximum absolute atomic E-state index is 10.9. The molecular weight excluding hydrogens is 334 g/mol. The van der Waals surface area contributed by atoms with Crippen molar-refractivity contribution in [3.8, 4) is 16.3 Å². The molecule has 0 saturated carbocycles. The lowest BCUT2D eigenvalue weighted by Crippen LogP contribution is -1.96. The van der Waals surface area contributed by atoms with Crippen LogP contribution >= 0.6 is 22.9 Å². The van der Waals surface area contributed by atoms with Crippen LogP contribution in [0, 0.1) is 0 Å². The van der Waals surface area contributed by atoms with E-state index in [0.29, 0.717) is 16.6 Å². The van der Waals surface area contributed by atoms with E-state index in [9.17, 15) is 4.79 Å². The van der Waals surface area contributed by atoms with Crippen molar-refractivity contribution in [3.05, 3.63) is 70.2 Å². The van der Waals surface area contributed by atoms with Crippen molar-refractivity contribution in [2.75, 3.05) is 0 Å². The van der Waals surface area contributed by atoms with Crippen LogP contribution in [0.15, 0.2) is 53.9 Å². The van der Waals surface area contributed by atoms with Gasteiger partial charge in [0.25, 0.3) is 0 Å². The van der Waals surface area contributed by atoms with Gasteiger partial charge in [-0.15, -0.1) is 11.3 Å². The first kappa shape index (κ1) is 15.5. The number of ether oxygens (including phenoxy) is 1. The molecule has 0 bridgehead atoms. The molecule has 6 heteroatoms. The van der Waals surface area contributed by atoms with Crippen LogP contribution < -0.4 is 4.74 Å². The van der Waals surface area contributed by atoms with Gasteiger partial charge in [0.15, 0.2) is 5.69 Å². The predicted molar refractivity (Wildman–Crippen MR) is 90.3 cm³/mol. The number of halogens is 1. The Morgan fingerprint density at radius 2 is 1.83 bits per heavy atom. The number of benzene rings is 2. The monoisotopic (exact) mass is 345 g/mol. The summed E-state index contributed by atoms with van der Waals surface area (Å²) in [5, 5.41) is 11.8. The highest BCUT2D eigenvalue weighted by atomic mass is 35.5. The van der Waals surface area contributed by atoms with Crippen molar-refractivity contribution in [1.82, 2.24) is 4.98 Å². The fourth-order valence-corrected chi connectivity index (χ4v) is 2.87. The van der Waals surface area contributed by atoms with Gasteiger partial charge in [-0.25, -0.2) is 9.78 Å². The molecule has 0 radical (unpaired) electrons. The van der Waals surface area contributed by atoms with Crippen LogP contribution in [0.5, 0.6) is 5.75 Å². The molecule has 0 unspecified atom stereocenters. The summed E-state index contributed by atoms with van der Waals surface area (Å²) >= 11 is 7.14. The number of rotatable bonds is 5. The Morgan fingerprint density at radius 3 is 2.43 bits per heavy atom. The normalized spacial score (nSPS) is 10.5. The first-order valence-corrected chi connectivity index (χ1v) is 8.04. The molecule has 0 amide bonds. The number of hydrogen-bond donors (Lipinski definition) is 1. The highest BCUT2D eigenvalue weighted by molar-refractivity contribution is 7.13. The van der Waals surface area contributed by atoms with E-state index in [1.54, 1.807) is 12.1 Å². The van der Waals surface area contributed by atoms with E-state index in [1.165, 1.54) is 16.7 Å². The van der Waals surface area contributed by atoms with Crippen molar-refractivity contribution in [1.29, 1.82) is 0 Å². The van der Waals surface area contributed by atoms with Gasteiger partial charge >= 0.3 is 5.97 Å². The Kier molecular flexibility index (Phi) is 4.60. The lowest BCUT2D eigenvalue weighted by atomic mass is 10.1. The highest BCUT2D eigenvalue weighted by Crippen LogP contribution is 2.24. The van der Waals surface area contributed by atoms with Gasteiger partial charge in [0.2, 0.25) is 0 Å². The summed E-state index contributed by atoms with van der Waals surface area (Å²) in [4.78, 5) is 14.9. The third-order valence-electron chi connectivity index (χ3n) is 3.14. The summed E-state index contributed by atoms with van der Waals surface area (Å²) in [5.41, 5.74) is 1.97. The summed E-state index contributed by atoms with van der Waals surface area (Å²) in [7, 11) is 0. The van der Waals surface area contributed by atoms with Crippen molar-refractivity contribution in [2.45, 2.75) is 6.61 Å². The molecule has 1 N–H and O–H groups in total. The Hall–Kier alpha value is -2.37. The summed E-state index contributed by atoms with van der Waals surface area (Å²) in [6.45, 7) is 0.445. The lowest BCUT2D eigenvalue weighted by molar-refractivity contribution is 0.0691. The summed E-state index contributed by atoms with van der Waals surface area (Å²) in [5.74, 6) is -0.259. The molecule has 0 aliphatic rings. The highest BCUT2D eigenvalue weighted by Gasteiger charge is 2.10. The zero-order valence-corrected chi connectivity index (χ0v) is 13.5. The molecule has 0 aliphatic heterocycles. The first-order chi connectivity index (χ1) is 11.1. The largest absolute Gasteiger partial charge is 0.489 e. The molecule has 3 rings (SSSR count). The third-order valence-corrected chi connectivity index (χ3v) is 4.29. The maximum Gasteiger partial charge on any atom is 0.355 e. The molecule has 1 aromatic heterocycles. The molecule has 1 heterocycles. The van der Waals surface area contributed by atoms with Gasteiger partial charge in [-0.3, -0.25) is 0 Å². The van der Waals surface area contributed by atoms with Crippen LogP contribution in [0.4, 0.5) is 0 Å². The second kappa shape index (κ2) is 6.81. The van der Waals surface area contributed by atoms with E-state index in [2.05, 4.69) is 4.98 Å². The number of aromatic carboxylic acids is 1. The fraction of sp³-hybridized carbons (Fsp3) is 0.0588. The summed E-state index contributed by atoms with van der Waals surface area (Å²) in [6, 6.07) is 14.9. The summed E-state index contributed by atoms with van der Waals surface area (Å²) in [6.07, 6.45) is 0. The quantitative estimate of drug-likeness (QED) is 0.725. The molecule has 0 fully saturated rings. The molecule has 23 heavy (non-hydrogen) atoms. The minimum atomic E-state index is -1.01. The Labute approximate surface area is 142 Å². The Bertz CT molecular complexity index is 813. The van der Waals surface area contributed by atoms with Crippen LogP contribution in [-0.4, -0.2) is 16.1 Å². The van der Waals surface area contributed by atoms with Crippen LogP contribution in [0.3, 0.4) is 0 Å². The topological polar surface area (TPSA) is 59.4 Å². The number of carbonyl (C=O) groups is 1. The number of carboxylic acid groups (broad SMARTS) is 1. The van der Waals surface area contributed by atoms with Gasteiger partial charge in [-0.1, -0.05) is 35.9 Å². The van der Waals surface area contributed by atoms with Gasteiger partial charge in [0.1, 0.15) is 17.4 Å². The second-order valence-corrected chi connectivity index (χ2v) is 6.08. The zero-order valence-electron chi connectivity index (χ0n) is 11.9. The summed E-state index contributed by atoms with van der Waals surface area (Å²) < 4.78 is 5.68. The van der Waals surface area contributed by atoms with E-state index in [4.69, 9.17) is 21.4 Å². The average molecular weight is 346 g/mol. The van der Waals surface area contributed by atoms with Crippen molar-refractivity contribution < 1.29 is 14.6 Å². The number of aromatic nitrogens is 1. The number of hydrogen-bond acceptors (Lipinski definition) is 4. The van der Waals surface area contributed by atoms with Gasteiger partial charge in [-0.2, -0.15) is 0 Å². The maximum atomic E-state index is 10.9. The Balaban J connectivity index is 1.66. The van der Waals surface area contributed by atoms with E-state index < -0.39 is 5.97 Å². The smallest absolute Gasteiger partial charge is 0.355 e. The third kappa shape index (κ3) is 3.88. The van der Waals surface area contributed by atoms with Crippen molar-refractivity contribution in [3.63, 3.8) is 0 Å². The molecule has 2 aromatic carbocycles. The van der Waals surface area contributed by atoms with Gasteiger partial charge in [-0.05, 0) is 29.8 Å². The number of carboxylic acids is 1. The van der Waals surface area contributed by atoms with Crippen LogP contribution in [0.25, 0.3) is 10.6 Å². The predicted octanol–water partition coefficient (Wildman–Crippen LogP) is 4.74. The van der Waals surface area contributed by atoms with Crippen LogP contribution in [0.1, 0.15) is 16.1 Å². The first-order valence-electron chi connectivity index (χ1n) is 6.78. The standard InChI is InChI=1S/C17H12ClNO3S/c18-13-5-7-14(8-6-13)22-9-11-1-3-12(4-2-11)16-19-15(10-23-16)17(20)21/h1-8,10H,9H2,(H,20,21). The van der Waals surface area contributed by atoms with E-state index in [1.807, 2.05) is 36.4 Å². The molecule has 0 atom stereocenters. The van der Waals surface area contributed by atoms with E-state index in [-0.39, 0.29) is 5.69 Å². The van der Waals surface area contributed by atoms with Crippen LogP contribution in [-0.2, 0) is 6.61 Å². The van der Waals surface area contributed by atoms with Crippen LogP contribution in [0.2, 0.25) is 5.02 Å². The van der Waals surface area contributed by atoms with Gasteiger partial charge in [0.05, 0.1) is 0 Å². The molecule has 0 saturated heterocycles. The van der Waals surface area contributed by atoms with Gasteiger partial charge in [0, 0.05) is 16.0 Å². The molecule has 116 valence electrons. The average Bonchev–Trinajstić information content (AvgIpc) is 3.05. The molecule has 0 aliphatic carbocycles. The minimum Gasteiger partial charge on any atom is -0.489 e. The Morgan fingerprint density at radius 1 is 1.13 bits per heavy atom. The van der Waals surface area contributed by atoms with Crippen molar-refractivity contribution in [2.24, 2.45) is 0 Å². The lowest BCUT2D eigenvalue weighted by Gasteiger charge is -2.06. The number of nitrogens with zero attached hydrogens (tertiary/aromatic N) is 1. The fourth-order valence-electron chi connectivity index (χ4n) is 1.95. The molecule has 0 spiro atoms. The van der Waals surface area contributed by atoms with E-state index >= 15 is 0 Å². The zero-order chi connectivity index (χ0) is 16.2. The minimum absolute atomic E-state index is 0.0696. The molecular formula is C17H12ClNO3S. The SMILES string of the molecule is O=C(O)c1csc(-c2ccc(COc3ccc(Cl)cc3)cc2)n1.